The Labute approximate surface area is 84.5 Å². The maximum absolute atomic E-state index is 5.66. The molecule has 0 radical (unpaired) electrons. The Morgan fingerprint density at radius 2 is 2.21 bits per heavy atom. The molecule has 4 nitrogen and oxygen atoms in total. The number of hydrogen-bond donors (Lipinski definition) is 1. The molecule has 1 aromatic rings. The van der Waals surface area contributed by atoms with Crippen molar-refractivity contribution in [1.29, 1.82) is 0 Å². The Morgan fingerprint density at radius 3 is 2.64 bits per heavy atom. The maximum Gasteiger partial charge on any atom is 0.0997 e. The Kier molecular flexibility index (Phi) is 2.54. The van der Waals surface area contributed by atoms with Gasteiger partial charge < -0.3 is 5.73 Å². The minimum atomic E-state index is 0.387. The summed E-state index contributed by atoms with van der Waals surface area (Å²) in [5.74, 6) is 0.658. The van der Waals surface area contributed by atoms with E-state index in [9.17, 15) is 0 Å². The molecule has 1 heterocycles. The molecule has 4 heteroatoms. The number of hydrogen-bond acceptors (Lipinski definition) is 3. The first-order chi connectivity index (χ1) is 6.74. The van der Waals surface area contributed by atoms with Crippen molar-refractivity contribution in [3.05, 3.63) is 11.4 Å². The first kappa shape index (κ1) is 9.65. The summed E-state index contributed by atoms with van der Waals surface area (Å²) < 4.78 is 2.03. The van der Waals surface area contributed by atoms with Crippen LogP contribution in [0.3, 0.4) is 0 Å². The smallest absolute Gasteiger partial charge is 0.0997 e. The van der Waals surface area contributed by atoms with Crippen LogP contribution in [-0.4, -0.2) is 15.0 Å². The van der Waals surface area contributed by atoms with Gasteiger partial charge in [0, 0.05) is 18.5 Å². The van der Waals surface area contributed by atoms with Crippen molar-refractivity contribution in [2.75, 3.05) is 0 Å². The Hall–Kier alpha value is -0.900. The third kappa shape index (κ3) is 1.43. The summed E-state index contributed by atoms with van der Waals surface area (Å²) in [6.07, 6.45) is 3.87. The van der Waals surface area contributed by atoms with Gasteiger partial charge >= 0.3 is 0 Å². The van der Waals surface area contributed by atoms with Crippen LogP contribution in [0.25, 0.3) is 0 Å². The van der Waals surface area contributed by atoms with Gasteiger partial charge in [0.2, 0.25) is 0 Å². The van der Waals surface area contributed by atoms with Crippen LogP contribution in [0.4, 0.5) is 0 Å². The summed E-state index contributed by atoms with van der Waals surface area (Å²) in [5, 5.41) is 8.32. The van der Waals surface area contributed by atoms with Gasteiger partial charge in [-0.2, -0.15) is 0 Å². The molecule has 0 bridgehead atoms. The molecular formula is C10H18N4. The Morgan fingerprint density at radius 1 is 1.50 bits per heavy atom. The number of nitrogens with two attached hydrogens (primary N) is 1. The zero-order chi connectivity index (χ0) is 10.1. The second kappa shape index (κ2) is 3.69. The highest BCUT2D eigenvalue weighted by Crippen LogP contribution is 2.38. The fourth-order valence-electron chi connectivity index (χ4n) is 1.97. The lowest BCUT2D eigenvalue weighted by atomic mass is 9.82. The van der Waals surface area contributed by atoms with Crippen molar-refractivity contribution in [3.63, 3.8) is 0 Å². The van der Waals surface area contributed by atoms with Gasteiger partial charge in [0.1, 0.15) is 0 Å². The molecule has 0 aromatic carbocycles. The first-order valence-corrected chi connectivity index (χ1v) is 5.38. The van der Waals surface area contributed by atoms with Crippen LogP contribution < -0.4 is 5.73 Å². The van der Waals surface area contributed by atoms with Crippen molar-refractivity contribution in [2.45, 2.75) is 51.6 Å². The van der Waals surface area contributed by atoms with Crippen LogP contribution in [0, 0.1) is 0 Å². The van der Waals surface area contributed by atoms with E-state index < -0.39 is 0 Å². The minimum Gasteiger partial charge on any atom is -0.325 e. The van der Waals surface area contributed by atoms with Gasteiger partial charge in [-0.05, 0) is 26.7 Å². The molecule has 14 heavy (non-hydrogen) atoms. The summed E-state index contributed by atoms with van der Waals surface area (Å²) in [4.78, 5) is 0. The van der Waals surface area contributed by atoms with Crippen molar-refractivity contribution in [1.82, 2.24) is 15.0 Å². The zero-order valence-corrected chi connectivity index (χ0v) is 8.90. The Balaban J connectivity index is 2.35. The highest BCUT2D eigenvalue weighted by Gasteiger charge is 2.27. The van der Waals surface area contributed by atoms with Crippen LogP contribution >= 0.6 is 0 Å². The average molecular weight is 194 g/mol. The van der Waals surface area contributed by atoms with E-state index in [-0.39, 0.29) is 0 Å². The minimum absolute atomic E-state index is 0.387. The lowest BCUT2D eigenvalue weighted by Crippen LogP contribution is -2.18. The fraction of sp³-hybridized carbons (Fsp3) is 0.800. The van der Waals surface area contributed by atoms with E-state index in [4.69, 9.17) is 5.73 Å². The van der Waals surface area contributed by atoms with E-state index in [1.54, 1.807) is 0 Å². The SMILES string of the molecule is CC(C)n1nnc(CN)c1C1CCC1. The lowest BCUT2D eigenvalue weighted by Gasteiger charge is -2.27. The number of nitrogens with zero attached hydrogens (tertiary/aromatic N) is 3. The zero-order valence-electron chi connectivity index (χ0n) is 8.90. The number of aromatic nitrogens is 3. The quantitative estimate of drug-likeness (QED) is 0.794. The highest BCUT2D eigenvalue weighted by atomic mass is 15.4. The molecule has 0 spiro atoms. The molecule has 1 aromatic heterocycles. The van der Waals surface area contributed by atoms with Crippen LogP contribution in [0.1, 0.15) is 56.5 Å². The van der Waals surface area contributed by atoms with E-state index in [1.807, 2.05) is 4.68 Å². The van der Waals surface area contributed by atoms with Crippen molar-refractivity contribution < 1.29 is 0 Å². The van der Waals surface area contributed by atoms with Crippen molar-refractivity contribution in [3.8, 4) is 0 Å². The van der Waals surface area contributed by atoms with Gasteiger partial charge in [0.25, 0.3) is 0 Å². The fourth-order valence-corrected chi connectivity index (χ4v) is 1.97. The van der Waals surface area contributed by atoms with Gasteiger partial charge in [-0.1, -0.05) is 11.6 Å². The van der Waals surface area contributed by atoms with Crippen molar-refractivity contribution in [2.24, 2.45) is 5.73 Å². The molecule has 0 aliphatic heterocycles. The van der Waals surface area contributed by atoms with Gasteiger partial charge in [0.05, 0.1) is 11.4 Å². The summed E-state index contributed by atoms with van der Waals surface area (Å²) in [6, 6.07) is 0.387. The largest absolute Gasteiger partial charge is 0.325 e. The molecule has 1 fully saturated rings. The van der Waals surface area contributed by atoms with E-state index in [0.717, 1.165) is 5.69 Å². The van der Waals surface area contributed by atoms with Gasteiger partial charge in [-0.15, -0.1) is 5.10 Å². The maximum atomic E-state index is 5.66. The summed E-state index contributed by atoms with van der Waals surface area (Å²) >= 11 is 0. The van der Waals surface area contributed by atoms with Gasteiger partial charge in [-0.3, -0.25) is 0 Å². The predicted molar refractivity (Wildman–Crippen MR) is 54.9 cm³/mol. The molecule has 78 valence electrons. The molecule has 1 aliphatic rings. The molecule has 1 saturated carbocycles. The van der Waals surface area contributed by atoms with E-state index in [1.165, 1.54) is 25.0 Å². The summed E-state index contributed by atoms with van der Waals surface area (Å²) in [6.45, 7) is 4.78. The molecule has 0 saturated heterocycles. The van der Waals surface area contributed by atoms with Crippen molar-refractivity contribution >= 4 is 0 Å². The highest BCUT2D eigenvalue weighted by molar-refractivity contribution is 5.18. The van der Waals surface area contributed by atoms with Gasteiger partial charge in [0.15, 0.2) is 0 Å². The summed E-state index contributed by atoms with van der Waals surface area (Å²) in [5.41, 5.74) is 7.94. The molecule has 0 atom stereocenters. The van der Waals surface area contributed by atoms with E-state index >= 15 is 0 Å². The van der Waals surface area contributed by atoms with Gasteiger partial charge in [-0.25, -0.2) is 4.68 Å². The van der Waals surface area contributed by atoms with E-state index in [0.29, 0.717) is 18.5 Å². The molecule has 1 aliphatic carbocycles. The predicted octanol–water partition coefficient (Wildman–Crippen LogP) is 1.59. The normalized spacial score (nSPS) is 17.4. The van der Waals surface area contributed by atoms with Crippen LogP contribution in [0.5, 0.6) is 0 Å². The third-order valence-corrected chi connectivity index (χ3v) is 2.98. The van der Waals surface area contributed by atoms with Crippen LogP contribution in [0.15, 0.2) is 0 Å². The average Bonchev–Trinajstić information content (AvgIpc) is 2.45. The monoisotopic (exact) mass is 194 g/mol. The molecule has 0 unspecified atom stereocenters. The van der Waals surface area contributed by atoms with E-state index in [2.05, 4.69) is 24.2 Å². The number of rotatable bonds is 3. The molecule has 2 rings (SSSR count). The lowest BCUT2D eigenvalue weighted by molar-refractivity contribution is 0.372. The standard InChI is InChI=1S/C10H18N4/c1-7(2)14-10(8-4-3-5-8)9(6-11)12-13-14/h7-8H,3-6,11H2,1-2H3. The van der Waals surface area contributed by atoms with Crippen LogP contribution in [-0.2, 0) is 6.54 Å². The third-order valence-electron chi connectivity index (χ3n) is 2.98. The second-order valence-electron chi connectivity index (χ2n) is 4.29. The molecule has 0 amide bonds. The molecular weight excluding hydrogens is 176 g/mol. The Bertz CT molecular complexity index is 312. The first-order valence-electron chi connectivity index (χ1n) is 5.38. The van der Waals surface area contributed by atoms with Crippen LogP contribution in [0.2, 0.25) is 0 Å². The topological polar surface area (TPSA) is 56.7 Å². The molecule has 2 N–H and O–H groups in total. The summed E-state index contributed by atoms with van der Waals surface area (Å²) in [7, 11) is 0. The second-order valence-corrected chi connectivity index (χ2v) is 4.29.